The molecule has 2 aromatic carbocycles. The van der Waals surface area contributed by atoms with Gasteiger partial charge in [-0.25, -0.2) is 8.42 Å². The lowest BCUT2D eigenvalue weighted by Gasteiger charge is -2.19. The van der Waals surface area contributed by atoms with E-state index in [1.54, 1.807) is 38.1 Å². The summed E-state index contributed by atoms with van der Waals surface area (Å²) in [6.07, 6.45) is 0. The van der Waals surface area contributed by atoms with Crippen molar-refractivity contribution in [2.45, 2.75) is 25.3 Å². The minimum Gasteiger partial charge on any atom is -0.348 e. The van der Waals surface area contributed by atoms with Crippen LogP contribution in [0, 0.1) is 11.3 Å². The van der Waals surface area contributed by atoms with E-state index in [4.69, 9.17) is 16.9 Å². The van der Waals surface area contributed by atoms with E-state index in [0.717, 1.165) is 5.56 Å². The minimum absolute atomic E-state index is 0.0270. The van der Waals surface area contributed by atoms with E-state index in [0.29, 0.717) is 18.7 Å². The molecule has 0 aliphatic rings. The van der Waals surface area contributed by atoms with Crippen molar-refractivity contribution in [1.82, 2.24) is 9.62 Å². The van der Waals surface area contributed by atoms with Crippen LogP contribution in [0.25, 0.3) is 0 Å². The second-order valence-corrected chi connectivity index (χ2v) is 8.07. The first-order valence-corrected chi connectivity index (χ1v) is 10.2. The lowest BCUT2D eigenvalue weighted by molar-refractivity contribution is 0.0951. The lowest BCUT2D eigenvalue weighted by Crippen LogP contribution is -2.31. The van der Waals surface area contributed by atoms with Crippen LogP contribution in [0.1, 0.15) is 35.3 Å². The maximum Gasteiger partial charge on any atom is 0.253 e. The first-order chi connectivity index (χ1) is 12.8. The van der Waals surface area contributed by atoms with E-state index >= 15 is 0 Å². The molecule has 1 N–H and O–H groups in total. The van der Waals surface area contributed by atoms with Crippen LogP contribution in [0.5, 0.6) is 0 Å². The quantitative estimate of drug-likeness (QED) is 0.765. The van der Waals surface area contributed by atoms with Crippen LogP contribution in [0.15, 0.2) is 47.4 Å². The summed E-state index contributed by atoms with van der Waals surface area (Å²) in [6.45, 7) is 4.40. The molecule has 0 unspecified atom stereocenters. The summed E-state index contributed by atoms with van der Waals surface area (Å²) in [7, 11) is -3.68. The van der Waals surface area contributed by atoms with Crippen LogP contribution in [0.2, 0.25) is 5.02 Å². The Labute approximate surface area is 164 Å². The normalized spacial score (nSPS) is 11.2. The van der Waals surface area contributed by atoms with E-state index in [9.17, 15) is 13.2 Å². The largest absolute Gasteiger partial charge is 0.348 e. The van der Waals surface area contributed by atoms with Crippen molar-refractivity contribution in [2.24, 2.45) is 0 Å². The molecular weight excluding hydrogens is 386 g/mol. The van der Waals surface area contributed by atoms with Crippen molar-refractivity contribution in [3.8, 4) is 6.07 Å². The third-order valence-corrected chi connectivity index (χ3v) is 6.44. The van der Waals surface area contributed by atoms with Crippen molar-refractivity contribution in [1.29, 1.82) is 5.26 Å². The van der Waals surface area contributed by atoms with Crippen molar-refractivity contribution in [2.75, 3.05) is 13.1 Å². The van der Waals surface area contributed by atoms with Crippen LogP contribution < -0.4 is 5.32 Å². The molecule has 0 aliphatic heterocycles. The molecular formula is C19H20ClN3O3S. The third kappa shape index (κ3) is 4.86. The van der Waals surface area contributed by atoms with Crippen molar-refractivity contribution >= 4 is 27.5 Å². The van der Waals surface area contributed by atoms with Gasteiger partial charge in [0.1, 0.15) is 0 Å². The molecule has 0 heterocycles. The van der Waals surface area contributed by atoms with Gasteiger partial charge >= 0.3 is 0 Å². The standard InChI is InChI=1S/C19H20ClN3O3S/c1-3-23(4-2)27(25,26)16-9-10-18(20)17(11-16)19(24)22-13-15-7-5-14(12-21)6-8-15/h5-11H,3-4,13H2,1-2H3,(H,22,24). The second-order valence-electron chi connectivity index (χ2n) is 5.72. The SMILES string of the molecule is CCN(CC)S(=O)(=O)c1ccc(Cl)c(C(=O)NCc2ccc(C#N)cc2)c1. The highest BCUT2D eigenvalue weighted by atomic mass is 35.5. The van der Waals surface area contributed by atoms with Crippen LogP contribution in [0.3, 0.4) is 0 Å². The Bertz CT molecular complexity index is 963. The molecule has 0 fully saturated rings. The number of nitrogens with zero attached hydrogens (tertiary/aromatic N) is 2. The predicted octanol–water partition coefficient (Wildman–Crippen LogP) is 3.17. The number of nitriles is 1. The first kappa shape index (κ1) is 20.9. The topological polar surface area (TPSA) is 90.3 Å². The number of carbonyl (C=O) groups excluding carboxylic acids is 1. The van der Waals surface area contributed by atoms with Gasteiger partial charge in [-0.05, 0) is 35.9 Å². The number of halogens is 1. The molecule has 0 bridgehead atoms. The molecule has 27 heavy (non-hydrogen) atoms. The first-order valence-electron chi connectivity index (χ1n) is 8.40. The molecule has 0 saturated heterocycles. The van der Waals surface area contributed by atoms with Gasteiger partial charge in [0.2, 0.25) is 10.0 Å². The van der Waals surface area contributed by atoms with Crippen molar-refractivity contribution in [3.05, 3.63) is 64.2 Å². The number of hydrogen-bond acceptors (Lipinski definition) is 4. The molecule has 2 aromatic rings. The van der Waals surface area contributed by atoms with Gasteiger partial charge in [-0.2, -0.15) is 9.57 Å². The Balaban J connectivity index is 2.22. The number of amides is 1. The Morgan fingerprint density at radius 3 is 2.33 bits per heavy atom. The van der Waals surface area contributed by atoms with Gasteiger partial charge < -0.3 is 5.32 Å². The molecule has 0 aromatic heterocycles. The van der Waals surface area contributed by atoms with Gasteiger partial charge in [0.05, 0.1) is 27.1 Å². The second kappa shape index (κ2) is 9.00. The molecule has 0 spiro atoms. The third-order valence-electron chi connectivity index (χ3n) is 4.06. The van der Waals surface area contributed by atoms with Crippen LogP contribution in [-0.4, -0.2) is 31.7 Å². The smallest absolute Gasteiger partial charge is 0.253 e. The molecule has 2 rings (SSSR count). The van der Waals surface area contributed by atoms with Gasteiger partial charge in [-0.15, -0.1) is 0 Å². The fourth-order valence-corrected chi connectivity index (χ4v) is 4.21. The average Bonchev–Trinajstić information content (AvgIpc) is 2.67. The van der Waals surface area contributed by atoms with E-state index in [1.165, 1.54) is 22.5 Å². The molecule has 0 atom stereocenters. The highest BCUT2D eigenvalue weighted by molar-refractivity contribution is 7.89. The molecule has 6 nitrogen and oxygen atoms in total. The van der Waals surface area contributed by atoms with Crippen LogP contribution in [-0.2, 0) is 16.6 Å². The van der Waals surface area contributed by atoms with Gasteiger partial charge in [0.25, 0.3) is 5.91 Å². The Hall–Kier alpha value is -2.40. The summed E-state index contributed by atoms with van der Waals surface area (Å²) in [5.74, 6) is -0.471. The monoisotopic (exact) mass is 405 g/mol. The van der Waals surface area contributed by atoms with E-state index in [-0.39, 0.29) is 22.0 Å². The average molecular weight is 406 g/mol. The van der Waals surface area contributed by atoms with Crippen molar-refractivity contribution < 1.29 is 13.2 Å². The number of rotatable bonds is 7. The van der Waals surface area contributed by atoms with Gasteiger partial charge in [0, 0.05) is 19.6 Å². The number of carbonyl (C=O) groups is 1. The zero-order chi connectivity index (χ0) is 20.0. The predicted molar refractivity (Wildman–Crippen MR) is 104 cm³/mol. The summed E-state index contributed by atoms with van der Waals surface area (Å²) >= 11 is 6.10. The highest BCUT2D eigenvalue weighted by Gasteiger charge is 2.23. The van der Waals surface area contributed by atoms with Gasteiger partial charge in [0.15, 0.2) is 0 Å². The molecule has 1 amide bonds. The summed E-state index contributed by atoms with van der Waals surface area (Å²) < 4.78 is 26.6. The number of sulfonamides is 1. The number of hydrogen-bond donors (Lipinski definition) is 1. The van der Waals surface area contributed by atoms with Gasteiger partial charge in [-0.3, -0.25) is 4.79 Å². The number of benzene rings is 2. The maximum absolute atomic E-state index is 12.6. The van der Waals surface area contributed by atoms with Crippen LogP contribution in [0.4, 0.5) is 0 Å². The maximum atomic E-state index is 12.6. The summed E-state index contributed by atoms with van der Waals surface area (Å²) in [5, 5.41) is 11.7. The zero-order valence-corrected chi connectivity index (χ0v) is 16.6. The van der Waals surface area contributed by atoms with Crippen molar-refractivity contribution in [3.63, 3.8) is 0 Å². The fraction of sp³-hybridized carbons (Fsp3) is 0.263. The van der Waals surface area contributed by atoms with Gasteiger partial charge in [-0.1, -0.05) is 37.6 Å². The Morgan fingerprint density at radius 2 is 1.78 bits per heavy atom. The summed E-state index contributed by atoms with van der Waals surface area (Å²) in [4.78, 5) is 12.5. The highest BCUT2D eigenvalue weighted by Crippen LogP contribution is 2.23. The summed E-state index contributed by atoms with van der Waals surface area (Å²) in [5.41, 5.74) is 1.44. The van der Waals surface area contributed by atoms with E-state index in [1.807, 2.05) is 6.07 Å². The Morgan fingerprint density at radius 1 is 1.15 bits per heavy atom. The Kier molecular flexibility index (Phi) is 6.97. The molecule has 142 valence electrons. The zero-order valence-electron chi connectivity index (χ0n) is 15.1. The fourth-order valence-electron chi connectivity index (χ4n) is 2.53. The molecule has 0 radical (unpaired) electrons. The summed E-state index contributed by atoms with van der Waals surface area (Å²) in [6, 6.07) is 12.9. The number of nitrogens with one attached hydrogen (secondary N) is 1. The van der Waals surface area contributed by atoms with Crippen LogP contribution >= 0.6 is 11.6 Å². The molecule has 8 heteroatoms. The van der Waals surface area contributed by atoms with E-state index < -0.39 is 15.9 Å². The molecule has 0 saturated carbocycles. The minimum atomic E-state index is -3.68. The lowest BCUT2D eigenvalue weighted by atomic mass is 10.1. The molecule has 0 aliphatic carbocycles. The van der Waals surface area contributed by atoms with E-state index in [2.05, 4.69) is 5.32 Å².